The molecule has 2 heterocycles. The van der Waals surface area contributed by atoms with Gasteiger partial charge in [-0.15, -0.1) is 35.3 Å². The van der Waals surface area contributed by atoms with Gasteiger partial charge in [-0.2, -0.15) is 0 Å². The van der Waals surface area contributed by atoms with E-state index in [4.69, 9.17) is 9.41 Å². The minimum absolute atomic E-state index is 0. The van der Waals surface area contributed by atoms with Crippen molar-refractivity contribution in [3.05, 3.63) is 64.4 Å². The summed E-state index contributed by atoms with van der Waals surface area (Å²) in [7, 11) is 2.05. The van der Waals surface area contributed by atoms with Gasteiger partial charge in [0.25, 0.3) is 0 Å². The molecule has 0 aliphatic carbocycles. The number of likely N-dealkylation sites (N-methyl/N-ethyl adjacent to an activating group) is 1. The Hall–Kier alpha value is -1.94. The van der Waals surface area contributed by atoms with E-state index in [2.05, 4.69) is 46.7 Å². The van der Waals surface area contributed by atoms with Crippen LogP contribution in [0.1, 0.15) is 17.5 Å². The number of nitrogens with one attached hydrogen (secondary N) is 1. The maximum Gasteiger partial charge on any atom is 0.226 e. The van der Waals surface area contributed by atoms with Gasteiger partial charge in [-0.05, 0) is 49.1 Å². The Morgan fingerprint density at radius 1 is 1.24 bits per heavy atom. The molecule has 0 radical (unpaired) electrons. The number of rotatable bonds is 8. The Morgan fingerprint density at radius 3 is 2.72 bits per heavy atom. The van der Waals surface area contributed by atoms with Crippen molar-refractivity contribution >= 4 is 41.3 Å². The number of thiophene rings is 1. The summed E-state index contributed by atoms with van der Waals surface area (Å²) in [6.07, 6.45) is 3.32. The van der Waals surface area contributed by atoms with E-state index >= 15 is 0 Å². The highest BCUT2D eigenvalue weighted by Crippen LogP contribution is 2.19. The first-order chi connectivity index (χ1) is 13.7. The van der Waals surface area contributed by atoms with Crippen molar-refractivity contribution in [3.8, 4) is 11.5 Å². The summed E-state index contributed by atoms with van der Waals surface area (Å²) in [5, 5.41) is 5.44. The maximum absolute atomic E-state index is 13.0. The van der Waals surface area contributed by atoms with Crippen LogP contribution in [0.15, 0.2) is 57.5 Å². The van der Waals surface area contributed by atoms with E-state index in [-0.39, 0.29) is 29.8 Å². The molecule has 0 amide bonds. The first kappa shape index (κ1) is 23.3. The molecule has 0 saturated carbocycles. The molecular formula is C21H26FIN4OS. The van der Waals surface area contributed by atoms with Gasteiger partial charge in [0.05, 0.1) is 5.69 Å². The summed E-state index contributed by atoms with van der Waals surface area (Å²) in [6, 6.07) is 10.4. The Kier molecular flexibility index (Phi) is 9.59. The lowest BCUT2D eigenvalue weighted by Crippen LogP contribution is -2.40. The number of hydrogen-bond donors (Lipinski definition) is 1. The smallest absolute Gasteiger partial charge is 0.226 e. The molecule has 0 bridgehead atoms. The number of halogens is 2. The zero-order chi connectivity index (χ0) is 19.8. The average molecular weight is 528 g/mol. The van der Waals surface area contributed by atoms with Crippen molar-refractivity contribution in [2.45, 2.75) is 19.8 Å². The number of hydrogen-bond acceptors (Lipinski definition) is 4. The first-order valence-electron chi connectivity index (χ1n) is 9.38. The fourth-order valence-electron chi connectivity index (χ4n) is 2.73. The van der Waals surface area contributed by atoms with E-state index in [1.54, 1.807) is 29.7 Å². The minimum Gasteiger partial charge on any atom is -0.444 e. The van der Waals surface area contributed by atoms with Crippen molar-refractivity contribution in [1.82, 2.24) is 15.2 Å². The van der Waals surface area contributed by atoms with Gasteiger partial charge in [-0.1, -0.05) is 6.07 Å². The summed E-state index contributed by atoms with van der Waals surface area (Å²) in [4.78, 5) is 12.7. The molecule has 5 nitrogen and oxygen atoms in total. The highest BCUT2D eigenvalue weighted by molar-refractivity contribution is 14.0. The fourth-order valence-corrected chi connectivity index (χ4v) is 3.43. The number of oxazole rings is 1. The van der Waals surface area contributed by atoms with Crippen LogP contribution in [0, 0.1) is 5.82 Å². The van der Waals surface area contributed by atoms with E-state index in [0.29, 0.717) is 18.9 Å². The van der Waals surface area contributed by atoms with Gasteiger partial charge in [0, 0.05) is 43.5 Å². The SMILES string of the molecule is CCNC(=NCCc1coc(-c2ccc(F)cc2)n1)N(C)CCc1cccs1.I. The van der Waals surface area contributed by atoms with Crippen molar-refractivity contribution in [2.75, 3.05) is 26.7 Å². The van der Waals surface area contributed by atoms with Crippen molar-refractivity contribution < 1.29 is 8.81 Å². The Morgan fingerprint density at radius 2 is 2.03 bits per heavy atom. The summed E-state index contributed by atoms with van der Waals surface area (Å²) >= 11 is 1.78. The van der Waals surface area contributed by atoms with E-state index in [1.807, 2.05) is 0 Å². The number of aliphatic imine (C=N–C) groups is 1. The normalized spacial score (nSPS) is 11.2. The fraction of sp³-hybridized carbons (Fsp3) is 0.333. The highest BCUT2D eigenvalue weighted by Gasteiger charge is 2.09. The summed E-state index contributed by atoms with van der Waals surface area (Å²) < 4.78 is 18.6. The molecule has 1 aromatic carbocycles. The number of benzene rings is 1. The standard InChI is InChI=1S/C21H25FN4OS.HI/c1-3-23-21(26(2)13-11-19-5-4-14-28-19)24-12-10-18-15-27-20(25-18)16-6-8-17(22)9-7-16;/h4-9,14-15H,3,10-13H2,1-2H3,(H,23,24);1H. The molecule has 0 saturated heterocycles. The third-order valence-electron chi connectivity index (χ3n) is 4.24. The zero-order valence-electron chi connectivity index (χ0n) is 16.6. The zero-order valence-corrected chi connectivity index (χ0v) is 19.7. The second-order valence-electron chi connectivity index (χ2n) is 6.39. The summed E-state index contributed by atoms with van der Waals surface area (Å²) in [5.41, 5.74) is 1.60. The van der Waals surface area contributed by atoms with Crippen LogP contribution in [-0.4, -0.2) is 42.5 Å². The lowest BCUT2D eigenvalue weighted by Gasteiger charge is -2.21. The topological polar surface area (TPSA) is 53.7 Å². The molecule has 0 aliphatic heterocycles. The lowest BCUT2D eigenvalue weighted by molar-refractivity contribution is 0.487. The van der Waals surface area contributed by atoms with E-state index in [0.717, 1.165) is 36.7 Å². The Bertz CT molecular complexity index is 880. The van der Waals surface area contributed by atoms with Crippen LogP contribution >= 0.6 is 35.3 Å². The van der Waals surface area contributed by atoms with Crippen LogP contribution in [-0.2, 0) is 12.8 Å². The Labute approximate surface area is 192 Å². The molecule has 0 atom stereocenters. The number of aromatic nitrogens is 1. The van der Waals surface area contributed by atoms with E-state index < -0.39 is 0 Å². The van der Waals surface area contributed by atoms with Gasteiger partial charge in [-0.25, -0.2) is 9.37 Å². The molecule has 2 aromatic heterocycles. The van der Waals surface area contributed by atoms with Crippen LogP contribution in [0.4, 0.5) is 4.39 Å². The first-order valence-corrected chi connectivity index (χ1v) is 10.3. The van der Waals surface area contributed by atoms with Crippen LogP contribution in [0.5, 0.6) is 0 Å². The van der Waals surface area contributed by atoms with Gasteiger partial charge in [0.2, 0.25) is 5.89 Å². The predicted octanol–water partition coefficient (Wildman–Crippen LogP) is 4.84. The largest absolute Gasteiger partial charge is 0.444 e. The molecule has 0 unspecified atom stereocenters. The van der Waals surface area contributed by atoms with Gasteiger partial charge in [-0.3, -0.25) is 4.99 Å². The maximum atomic E-state index is 13.0. The van der Waals surface area contributed by atoms with E-state index in [9.17, 15) is 4.39 Å². The summed E-state index contributed by atoms with van der Waals surface area (Å²) in [6.45, 7) is 4.40. The molecular weight excluding hydrogens is 502 g/mol. The predicted molar refractivity (Wildman–Crippen MR) is 128 cm³/mol. The van der Waals surface area contributed by atoms with Crippen molar-refractivity contribution in [3.63, 3.8) is 0 Å². The second kappa shape index (κ2) is 11.9. The van der Waals surface area contributed by atoms with Crippen LogP contribution in [0.25, 0.3) is 11.5 Å². The Balaban J connectivity index is 0.00000300. The van der Waals surface area contributed by atoms with Gasteiger partial charge < -0.3 is 14.6 Å². The highest BCUT2D eigenvalue weighted by atomic mass is 127. The number of guanidine groups is 1. The third kappa shape index (κ3) is 7.11. The monoisotopic (exact) mass is 528 g/mol. The van der Waals surface area contributed by atoms with Crippen molar-refractivity contribution in [1.29, 1.82) is 0 Å². The molecule has 156 valence electrons. The van der Waals surface area contributed by atoms with Gasteiger partial charge >= 0.3 is 0 Å². The molecule has 0 spiro atoms. The molecule has 0 aliphatic rings. The lowest BCUT2D eigenvalue weighted by atomic mass is 10.2. The van der Waals surface area contributed by atoms with Gasteiger partial charge in [0.15, 0.2) is 5.96 Å². The number of nitrogens with zero attached hydrogens (tertiary/aromatic N) is 3. The summed E-state index contributed by atoms with van der Waals surface area (Å²) in [5.74, 6) is 1.12. The van der Waals surface area contributed by atoms with Gasteiger partial charge in [0.1, 0.15) is 12.1 Å². The minimum atomic E-state index is -0.274. The second-order valence-corrected chi connectivity index (χ2v) is 7.42. The van der Waals surface area contributed by atoms with E-state index in [1.165, 1.54) is 17.0 Å². The molecule has 0 fully saturated rings. The molecule has 3 rings (SSSR count). The van der Waals surface area contributed by atoms with Crippen LogP contribution in [0.2, 0.25) is 0 Å². The average Bonchev–Trinajstić information content (AvgIpc) is 3.38. The molecule has 8 heteroatoms. The third-order valence-corrected chi connectivity index (χ3v) is 5.18. The molecule has 1 N–H and O–H groups in total. The van der Waals surface area contributed by atoms with Crippen LogP contribution < -0.4 is 5.32 Å². The molecule has 29 heavy (non-hydrogen) atoms. The van der Waals surface area contributed by atoms with Crippen LogP contribution in [0.3, 0.4) is 0 Å². The quantitative estimate of drug-likeness (QED) is 0.258. The molecule has 3 aromatic rings. The van der Waals surface area contributed by atoms with Crippen molar-refractivity contribution in [2.24, 2.45) is 4.99 Å².